The van der Waals surface area contributed by atoms with Crippen LogP contribution in [-0.4, -0.2) is 25.8 Å². The Morgan fingerprint density at radius 2 is 1.52 bits per heavy atom. The van der Waals surface area contributed by atoms with E-state index in [1.54, 1.807) is 0 Å². The molecule has 3 aromatic carbocycles. The van der Waals surface area contributed by atoms with Crippen molar-refractivity contribution in [3.63, 3.8) is 0 Å². The van der Waals surface area contributed by atoms with Crippen molar-refractivity contribution in [3.05, 3.63) is 89.6 Å². The Morgan fingerprint density at radius 1 is 0.860 bits per heavy atom. The third-order valence-electron chi connectivity index (χ3n) is 10.8. The monoisotopic (exact) mass is 849 g/mol. The second-order valence-corrected chi connectivity index (χ2v) is 14.1. The topological polar surface area (TPSA) is 89.1 Å². The van der Waals surface area contributed by atoms with Crippen molar-refractivity contribution in [2.45, 2.75) is 101 Å². The second-order valence-electron chi connectivity index (χ2n) is 14.1. The van der Waals surface area contributed by atoms with Crippen LogP contribution >= 0.6 is 0 Å². The van der Waals surface area contributed by atoms with Crippen LogP contribution in [0.1, 0.15) is 104 Å². The summed E-state index contributed by atoms with van der Waals surface area (Å²) in [5.41, 5.74) is 5.68. The number of allylic oxidation sites excluding steroid dienone is 2. The van der Waals surface area contributed by atoms with Crippen molar-refractivity contribution in [2.75, 3.05) is 0 Å². The van der Waals surface area contributed by atoms with Crippen molar-refractivity contribution >= 4 is 49.5 Å². The predicted molar refractivity (Wildman–Crippen MR) is 203 cm³/mol. The first kappa shape index (κ1) is 38.9. The number of rotatable bonds is 9. The number of aromatic nitrogens is 3. The maximum Gasteiger partial charge on any atom is 0.216 e. The number of benzene rings is 3. The van der Waals surface area contributed by atoms with Gasteiger partial charge in [0.25, 0.3) is 0 Å². The zero-order valence-electron chi connectivity index (χ0n) is 31.1. The molecule has 0 aliphatic heterocycles. The van der Waals surface area contributed by atoms with Crippen LogP contribution in [0.25, 0.3) is 55.0 Å². The van der Waals surface area contributed by atoms with Crippen molar-refractivity contribution < 1.29 is 34.4 Å². The standard InChI is InChI=1S/C28H22N3O.C15H28O2.Ir/c1-15(2)23-14-13-20-19-9-6-10-22(27(19)32-28(20)31-23)25-21-12-11-18-8-5-7-16(3)24(18)26(21)30-17(4)29-25;1-7-14(5,8-2)12(16)11-13(17)15(6,9-3)10-4;/h5-9,11-15H,1-4H3;11,16H,7-10H2,1-6H3;/q-1;;/b;12-11-;. The van der Waals surface area contributed by atoms with E-state index in [9.17, 15) is 9.90 Å². The normalized spacial score (nSPS) is 12.4. The Hall–Kier alpha value is -3.93. The second kappa shape index (κ2) is 15.5. The fourth-order valence-electron chi connectivity index (χ4n) is 6.26. The SMILES string of the molecule is CCC(C)(CC)C(=O)/C=C(\O)C(C)(CC)CC.Cc1nc(-c2[c-]ccc3c2oc2nc(C(C)C)ccc23)c2ccc3cccc(C)c3c2n1.[Ir]. The number of aliphatic hydroxyl groups is 1. The molecule has 0 spiro atoms. The summed E-state index contributed by atoms with van der Waals surface area (Å²) in [5, 5.41) is 15.5. The van der Waals surface area contributed by atoms with Gasteiger partial charge in [0.15, 0.2) is 5.78 Å². The van der Waals surface area contributed by atoms with Gasteiger partial charge in [-0.1, -0.05) is 96.7 Å². The Labute approximate surface area is 310 Å². The molecule has 0 atom stereocenters. The number of carbonyl (C=O) groups excluding carboxylic acids is 1. The van der Waals surface area contributed by atoms with E-state index in [2.05, 4.69) is 69.3 Å². The number of aliphatic hydroxyl groups excluding tert-OH is 1. The zero-order valence-corrected chi connectivity index (χ0v) is 33.5. The fourth-order valence-corrected chi connectivity index (χ4v) is 6.26. The van der Waals surface area contributed by atoms with Crippen molar-refractivity contribution in [1.29, 1.82) is 0 Å². The van der Waals surface area contributed by atoms with Gasteiger partial charge in [0.05, 0.1) is 11.1 Å². The molecule has 7 heteroatoms. The van der Waals surface area contributed by atoms with E-state index in [0.717, 1.165) is 81.1 Å². The van der Waals surface area contributed by atoms with E-state index < -0.39 is 0 Å². The first-order valence-corrected chi connectivity index (χ1v) is 17.7. The minimum atomic E-state index is -0.337. The number of furan rings is 1. The number of ketones is 1. The summed E-state index contributed by atoms with van der Waals surface area (Å²) in [6.07, 6.45) is 4.75. The number of hydrogen-bond donors (Lipinski definition) is 1. The summed E-state index contributed by atoms with van der Waals surface area (Å²) in [6.45, 7) is 20.4. The third-order valence-corrected chi connectivity index (χ3v) is 10.8. The predicted octanol–water partition coefficient (Wildman–Crippen LogP) is 11.9. The number of fused-ring (bicyclic) bond motifs is 6. The molecule has 50 heavy (non-hydrogen) atoms. The number of aryl methyl sites for hydroxylation is 2. The maximum atomic E-state index is 12.2. The van der Waals surface area contributed by atoms with Gasteiger partial charge in [-0.3, -0.25) is 9.78 Å². The number of hydrogen-bond acceptors (Lipinski definition) is 6. The van der Waals surface area contributed by atoms with Gasteiger partial charge in [0, 0.05) is 59.2 Å². The molecule has 0 fully saturated rings. The van der Waals surface area contributed by atoms with Gasteiger partial charge in [-0.05, 0) is 73.9 Å². The average Bonchev–Trinajstić information content (AvgIpc) is 3.48. The Balaban J connectivity index is 0.000000269. The molecule has 6 aromatic rings. The molecule has 6 nitrogen and oxygen atoms in total. The minimum absolute atomic E-state index is 0. The molecular formula is C43H50IrN3O3-. The van der Waals surface area contributed by atoms with Crippen LogP contribution in [-0.2, 0) is 24.9 Å². The molecule has 6 rings (SSSR count). The van der Waals surface area contributed by atoms with Crippen molar-refractivity contribution in [2.24, 2.45) is 10.8 Å². The largest absolute Gasteiger partial charge is 0.512 e. The molecule has 0 amide bonds. The molecule has 0 saturated heterocycles. The molecule has 0 aliphatic carbocycles. The molecule has 3 heterocycles. The zero-order chi connectivity index (χ0) is 35.7. The average molecular weight is 849 g/mol. The smallest absolute Gasteiger partial charge is 0.216 e. The molecule has 3 aromatic heterocycles. The first-order chi connectivity index (χ1) is 23.3. The number of nitrogens with zero attached hydrogens (tertiary/aromatic N) is 3. The van der Waals surface area contributed by atoms with Crippen molar-refractivity contribution in [3.8, 4) is 11.3 Å². The van der Waals surface area contributed by atoms with Crippen LogP contribution in [0.15, 0.2) is 70.8 Å². The van der Waals surface area contributed by atoms with Gasteiger partial charge in [-0.25, -0.2) is 9.97 Å². The summed E-state index contributed by atoms with van der Waals surface area (Å²) >= 11 is 0. The van der Waals surface area contributed by atoms with Gasteiger partial charge in [0.1, 0.15) is 11.6 Å². The first-order valence-electron chi connectivity index (χ1n) is 17.7. The van der Waals surface area contributed by atoms with Crippen LogP contribution in [0.4, 0.5) is 0 Å². The molecule has 1 N–H and O–H groups in total. The molecule has 0 aliphatic rings. The van der Waals surface area contributed by atoms with Crippen LogP contribution in [0.3, 0.4) is 0 Å². The van der Waals surface area contributed by atoms with Gasteiger partial charge in [0.2, 0.25) is 5.71 Å². The Kier molecular flexibility index (Phi) is 12.1. The van der Waals surface area contributed by atoms with Gasteiger partial charge in [-0.15, -0.1) is 18.2 Å². The van der Waals surface area contributed by atoms with Gasteiger partial charge >= 0.3 is 0 Å². The van der Waals surface area contributed by atoms with E-state index in [-0.39, 0.29) is 42.5 Å². The van der Waals surface area contributed by atoms with E-state index in [4.69, 9.17) is 19.4 Å². The summed E-state index contributed by atoms with van der Waals surface area (Å²) in [7, 11) is 0. The minimum Gasteiger partial charge on any atom is -0.512 e. The molecule has 1 radical (unpaired) electrons. The molecule has 265 valence electrons. The number of carbonyl (C=O) groups is 1. The van der Waals surface area contributed by atoms with Gasteiger partial charge < -0.3 is 9.52 Å². The van der Waals surface area contributed by atoms with Crippen LogP contribution in [0, 0.1) is 30.7 Å². The Morgan fingerprint density at radius 3 is 2.16 bits per heavy atom. The molecule has 0 bridgehead atoms. The molecule has 0 unspecified atom stereocenters. The van der Waals surface area contributed by atoms with Crippen molar-refractivity contribution in [1.82, 2.24) is 15.0 Å². The Bertz CT molecular complexity index is 2190. The summed E-state index contributed by atoms with van der Waals surface area (Å²) in [4.78, 5) is 26.6. The van der Waals surface area contributed by atoms with Crippen LogP contribution in [0.5, 0.6) is 0 Å². The van der Waals surface area contributed by atoms with Gasteiger partial charge in [-0.2, -0.15) is 0 Å². The van der Waals surface area contributed by atoms with E-state index in [1.165, 1.54) is 17.0 Å². The third kappa shape index (κ3) is 7.27. The fraction of sp³-hybridized carbons (Fsp3) is 0.395. The summed E-state index contributed by atoms with van der Waals surface area (Å²) in [6, 6.07) is 22.2. The summed E-state index contributed by atoms with van der Waals surface area (Å²) in [5.74, 6) is 1.35. The van der Waals surface area contributed by atoms with Crippen LogP contribution < -0.4 is 0 Å². The van der Waals surface area contributed by atoms with Crippen LogP contribution in [0.2, 0.25) is 0 Å². The quantitative estimate of drug-likeness (QED) is 0.0675. The van der Waals surface area contributed by atoms with E-state index >= 15 is 0 Å². The molecular weight excluding hydrogens is 799 g/mol. The maximum absolute atomic E-state index is 12.2. The summed E-state index contributed by atoms with van der Waals surface area (Å²) < 4.78 is 6.33. The number of pyridine rings is 1. The molecule has 0 saturated carbocycles. The van der Waals surface area contributed by atoms with E-state index in [1.807, 2.05) is 60.6 Å². The van der Waals surface area contributed by atoms with E-state index in [0.29, 0.717) is 11.6 Å².